The molecule has 0 N–H and O–H groups in total. The van der Waals surface area contributed by atoms with Gasteiger partial charge < -0.3 is 9.47 Å². The van der Waals surface area contributed by atoms with Gasteiger partial charge in [-0.15, -0.1) is 0 Å². The highest BCUT2D eigenvalue weighted by Crippen LogP contribution is 2.42. The zero-order chi connectivity index (χ0) is 15.2. The molecule has 0 radical (unpaired) electrons. The van der Waals surface area contributed by atoms with Crippen molar-refractivity contribution in [3.63, 3.8) is 0 Å². The lowest BCUT2D eigenvalue weighted by atomic mass is 9.99. The number of carbonyl (C=O) groups is 1. The first-order chi connectivity index (χ1) is 9.41. The van der Waals surface area contributed by atoms with Gasteiger partial charge in [0.1, 0.15) is 0 Å². The van der Waals surface area contributed by atoms with Crippen molar-refractivity contribution in [3.8, 4) is 0 Å². The highest BCUT2D eigenvalue weighted by atomic mass is 16.6. The minimum absolute atomic E-state index is 0.139. The predicted octanol–water partition coefficient (Wildman–Crippen LogP) is 4.18. The van der Waals surface area contributed by atoms with E-state index in [9.17, 15) is 4.79 Å². The van der Waals surface area contributed by atoms with E-state index in [0.717, 1.165) is 37.7 Å². The molecule has 0 aromatic rings. The monoisotopic (exact) mass is 280 g/mol. The van der Waals surface area contributed by atoms with Crippen LogP contribution in [0.5, 0.6) is 0 Å². The molecule has 1 rings (SSSR count). The predicted molar refractivity (Wildman–Crippen MR) is 81.6 cm³/mol. The number of methoxy groups -OCH3 is 1. The van der Waals surface area contributed by atoms with E-state index in [0.29, 0.717) is 6.10 Å². The van der Waals surface area contributed by atoms with Crippen molar-refractivity contribution in [3.05, 3.63) is 23.3 Å². The number of allylic oxidation sites excluding steroid dienone is 3. The van der Waals surface area contributed by atoms with Gasteiger partial charge in [0.2, 0.25) is 0 Å². The SMILES string of the molecule is CC[C@]1(C)O[C@@H]1CC/C(C)=C/CC/C(C)=C/C(=O)OC. The lowest BCUT2D eigenvalue weighted by Crippen LogP contribution is -2.07. The zero-order valence-electron chi connectivity index (χ0n) is 13.5. The van der Waals surface area contributed by atoms with Gasteiger partial charge in [-0.1, -0.05) is 24.1 Å². The van der Waals surface area contributed by atoms with Crippen LogP contribution in [0.1, 0.15) is 59.8 Å². The molecule has 0 amide bonds. The third kappa shape index (κ3) is 5.49. The lowest BCUT2D eigenvalue weighted by Gasteiger charge is -2.03. The van der Waals surface area contributed by atoms with Crippen molar-refractivity contribution in [2.45, 2.75) is 71.5 Å². The first-order valence-electron chi connectivity index (χ1n) is 7.50. The topological polar surface area (TPSA) is 38.8 Å². The molecule has 20 heavy (non-hydrogen) atoms. The third-order valence-corrected chi connectivity index (χ3v) is 4.14. The number of hydrogen-bond acceptors (Lipinski definition) is 3. The maximum atomic E-state index is 11.1. The normalized spacial score (nSPS) is 26.6. The molecule has 1 fully saturated rings. The molecule has 0 saturated carbocycles. The van der Waals surface area contributed by atoms with Crippen LogP contribution in [0.2, 0.25) is 0 Å². The van der Waals surface area contributed by atoms with Gasteiger partial charge in [-0.2, -0.15) is 0 Å². The Kier molecular flexibility index (Phi) is 6.47. The Morgan fingerprint density at radius 1 is 1.30 bits per heavy atom. The van der Waals surface area contributed by atoms with E-state index in [2.05, 4.69) is 31.6 Å². The Morgan fingerprint density at radius 2 is 2.00 bits per heavy atom. The number of carbonyl (C=O) groups excluding carboxylic acids is 1. The van der Waals surface area contributed by atoms with E-state index in [4.69, 9.17) is 4.74 Å². The van der Waals surface area contributed by atoms with Gasteiger partial charge in [0.15, 0.2) is 0 Å². The average molecular weight is 280 g/mol. The fraction of sp³-hybridized carbons (Fsp3) is 0.706. The van der Waals surface area contributed by atoms with Crippen molar-refractivity contribution >= 4 is 5.97 Å². The van der Waals surface area contributed by atoms with Crippen LogP contribution in [0.3, 0.4) is 0 Å². The first-order valence-corrected chi connectivity index (χ1v) is 7.50. The highest BCUT2D eigenvalue weighted by molar-refractivity contribution is 5.82. The third-order valence-electron chi connectivity index (χ3n) is 4.14. The van der Waals surface area contributed by atoms with Crippen molar-refractivity contribution in [2.24, 2.45) is 0 Å². The van der Waals surface area contributed by atoms with E-state index in [-0.39, 0.29) is 11.6 Å². The molecule has 114 valence electrons. The summed E-state index contributed by atoms with van der Waals surface area (Å²) < 4.78 is 10.3. The minimum atomic E-state index is -0.270. The number of esters is 1. The second-order valence-corrected chi connectivity index (χ2v) is 5.91. The van der Waals surface area contributed by atoms with Gasteiger partial charge in [0.25, 0.3) is 0 Å². The summed E-state index contributed by atoms with van der Waals surface area (Å²) in [7, 11) is 1.40. The fourth-order valence-corrected chi connectivity index (χ4v) is 2.31. The van der Waals surface area contributed by atoms with Crippen molar-refractivity contribution in [2.75, 3.05) is 7.11 Å². The molecule has 0 bridgehead atoms. The molecule has 1 aliphatic rings. The number of rotatable bonds is 8. The molecule has 2 atom stereocenters. The van der Waals surface area contributed by atoms with Crippen LogP contribution in [0.4, 0.5) is 0 Å². The van der Waals surface area contributed by atoms with Crippen molar-refractivity contribution in [1.29, 1.82) is 0 Å². The van der Waals surface area contributed by atoms with Gasteiger partial charge in [0, 0.05) is 6.08 Å². The van der Waals surface area contributed by atoms with Crippen LogP contribution in [0.15, 0.2) is 23.3 Å². The van der Waals surface area contributed by atoms with E-state index in [1.807, 2.05) is 6.92 Å². The van der Waals surface area contributed by atoms with Gasteiger partial charge in [0.05, 0.1) is 18.8 Å². The molecule has 0 aliphatic carbocycles. The van der Waals surface area contributed by atoms with E-state index in [1.165, 1.54) is 12.7 Å². The molecule has 3 heteroatoms. The molecule has 0 aromatic heterocycles. The number of hydrogen-bond donors (Lipinski definition) is 0. The average Bonchev–Trinajstić information content (AvgIpc) is 3.08. The van der Waals surface area contributed by atoms with Crippen molar-refractivity contribution in [1.82, 2.24) is 0 Å². The van der Waals surface area contributed by atoms with Gasteiger partial charge in [-0.25, -0.2) is 4.79 Å². The summed E-state index contributed by atoms with van der Waals surface area (Å²) in [6.45, 7) is 8.51. The second kappa shape index (κ2) is 7.63. The molecular weight excluding hydrogens is 252 g/mol. The molecule has 3 nitrogen and oxygen atoms in total. The molecule has 0 spiro atoms. The van der Waals surface area contributed by atoms with Gasteiger partial charge in [-0.05, 0) is 52.9 Å². The minimum Gasteiger partial charge on any atom is -0.466 e. The summed E-state index contributed by atoms with van der Waals surface area (Å²) in [5.41, 5.74) is 2.61. The van der Waals surface area contributed by atoms with Crippen LogP contribution < -0.4 is 0 Å². The van der Waals surface area contributed by atoms with Crippen LogP contribution in [0.25, 0.3) is 0 Å². The highest BCUT2D eigenvalue weighted by Gasteiger charge is 2.49. The molecule has 0 unspecified atom stereocenters. The molecular formula is C17H28O3. The Morgan fingerprint density at radius 3 is 2.55 bits per heavy atom. The molecule has 1 heterocycles. The first kappa shape index (κ1) is 17.0. The summed E-state index contributed by atoms with van der Waals surface area (Å²) in [6.07, 6.45) is 9.45. The standard InChI is InChI=1S/C17H28O3/c1-6-17(4)15(20-17)11-10-13(2)8-7-9-14(3)12-16(18)19-5/h8,12,15H,6-7,9-11H2,1-5H3/b13-8+,14-12+/t15-,17+/m1/s1. The second-order valence-electron chi connectivity index (χ2n) is 5.91. The smallest absolute Gasteiger partial charge is 0.330 e. The molecule has 1 aliphatic heterocycles. The Balaban J connectivity index is 2.22. The molecule has 0 aromatic carbocycles. The van der Waals surface area contributed by atoms with Gasteiger partial charge >= 0.3 is 5.97 Å². The summed E-state index contributed by atoms with van der Waals surface area (Å²) in [6, 6.07) is 0. The number of epoxide rings is 1. The summed E-state index contributed by atoms with van der Waals surface area (Å²) in [5.74, 6) is -0.270. The largest absolute Gasteiger partial charge is 0.466 e. The Labute approximate surface area is 123 Å². The summed E-state index contributed by atoms with van der Waals surface area (Å²) >= 11 is 0. The van der Waals surface area contributed by atoms with E-state index < -0.39 is 0 Å². The van der Waals surface area contributed by atoms with Crippen LogP contribution in [0, 0.1) is 0 Å². The van der Waals surface area contributed by atoms with Crippen LogP contribution in [-0.2, 0) is 14.3 Å². The zero-order valence-corrected chi connectivity index (χ0v) is 13.5. The summed E-state index contributed by atoms with van der Waals surface area (Å²) in [5, 5.41) is 0. The van der Waals surface area contributed by atoms with E-state index in [1.54, 1.807) is 6.08 Å². The van der Waals surface area contributed by atoms with Crippen LogP contribution >= 0.6 is 0 Å². The van der Waals surface area contributed by atoms with Crippen LogP contribution in [-0.4, -0.2) is 24.8 Å². The Bertz CT molecular complexity index is 395. The summed E-state index contributed by atoms with van der Waals surface area (Å²) in [4.78, 5) is 11.1. The Hall–Kier alpha value is -1.09. The maximum absolute atomic E-state index is 11.1. The van der Waals surface area contributed by atoms with Crippen molar-refractivity contribution < 1.29 is 14.3 Å². The fourth-order valence-electron chi connectivity index (χ4n) is 2.31. The van der Waals surface area contributed by atoms with E-state index >= 15 is 0 Å². The quantitative estimate of drug-likeness (QED) is 0.290. The number of ether oxygens (including phenoxy) is 2. The maximum Gasteiger partial charge on any atom is 0.330 e. The molecule has 1 saturated heterocycles. The lowest BCUT2D eigenvalue weighted by molar-refractivity contribution is -0.134. The van der Waals surface area contributed by atoms with Gasteiger partial charge in [-0.3, -0.25) is 0 Å².